The normalized spacial score (nSPS) is 17.5. The van der Waals surface area contributed by atoms with Crippen molar-refractivity contribution in [3.63, 3.8) is 0 Å². The second-order valence-corrected chi connectivity index (χ2v) is 7.93. The van der Waals surface area contributed by atoms with Crippen molar-refractivity contribution in [3.05, 3.63) is 48.8 Å². The molecule has 31 heavy (non-hydrogen) atoms. The van der Waals surface area contributed by atoms with Crippen LogP contribution in [-0.2, 0) is 9.59 Å². The Hall–Kier alpha value is -3.16. The Morgan fingerprint density at radius 1 is 0.871 bits per heavy atom. The summed E-state index contributed by atoms with van der Waals surface area (Å²) in [5, 5.41) is 0. The van der Waals surface area contributed by atoms with E-state index in [1.54, 1.807) is 18.5 Å². The van der Waals surface area contributed by atoms with E-state index in [4.69, 9.17) is 4.74 Å². The zero-order valence-electron chi connectivity index (χ0n) is 17.7. The van der Waals surface area contributed by atoms with Gasteiger partial charge in [-0.05, 0) is 31.0 Å². The van der Waals surface area contributed by atoms with Crippen LogP contribution in [0.4, 0.5) is 5.95 Å². The van der Waals surface area contributed by atoms with Crippen LogP contribution in [0, 0.1) is 5.92 Å². The van der Waals surface area contributed by atoms with Gasteiger partial charge in [0.15, 0.2) is 0 Å². The summed E-state index contributed by atoms with van der Waals surface area (Å²) in [5.41, 5.74) is 0. The van der Waals surface area contributed by atoms with Crippen LogP contribution in [0.25, 0.3) is 0 Å². The van der Waals surface area contributed by atoms with Gasteiger partial charge < -0.3 is 19.4 Å². The first kappa shape index (κ1) is 21.1. The predicted octanol–water partition coefficient (Wildman–Crippen LogP) is 1.83. The van der Waals surface area contributed by atoms with E-state index in [0.717, 1.165) is 37.6 Å². The summed E-state index contributed by atoms with van der Waals surface area (Å²) in [4.78, 5) is 39.9. The van der Waals surface area contributed by atoms with Crippen molar-refractivity contribution >= 4 is 17.8 Å². The molecule has 2 amide bonds. The number of anilines is 1. The lowest BCUT2D eigenvalue weighted by Gasteiger charge is -2.38. The molecular formula is C23H29N5O3. The van der Waals surface area contributed by atoms with Crippen molar-refractivity contribution in [1.82, 2.24) is 19.8 Å². The lowest BCUT2D eigenvalue weighted by molar-refractivity contribution is -0.141. The molecule has 8 nitrogen and oxygen atoms in total. The lowest BCUT2D eigenvalue weighted by atomic mass is 9.94. The number of para-hydroxylation sites is 1. The molecule has 1 aromatic heterocycles. The topological polar surface area (TPSA) is 78.9 Å². The summed E-state index contributed by atoms with van der Waals surface area (Å²) in [7, 11) is 0. The van der Waals surface area contributed by atoms with E-state index < -0.39 is 0 Å². The van der Waals surface area contributed by atoms with E-state index in [-0.39, 0.29) is 17.7 Å². The number of amides is 2. The number of ether oxygens (including phenoxy) is 1. The molecule has 0 bridgehead atoms. The molecule has 0 saturated carbocycles. The molecule has 0 unspecified atom stereocenters. The molecule has 2 fully saturated rings. The minimum absolute atomic E-state index is 0.00384. The molecule has 2 saturated heterocycles. The summed E-state index contributed by atoms with van der Waals surface area (Å²) >= 11 is 0. The zero-order chi connectivity index (χ0) is 21.5. The molecule has 3 heterocycles. The van der Waals surface area contributed by atoms with Gasteiger partial charge in [-0.2, -0.15) is 0 Å². The third kappa shape index (κ3) is 5.51. The van der Waals surface area contributed by atoms with E-state index in [1.807, 2.05) is 40.1 Å². The number of hydrogen-bond acceptors (Lipinski definition) is 6. The minimum atomic E-state index is 0.00384. The summed E-state index contributed by atoms with van der Waals surface area (Å²) in [6, 6.07) is 11.3. The highest BCUT2D eigenvalue weighted by Crippen LogP contribution is 2.22. The van der Waals surface area contributed by atoms with Crippen LogP contribution in [0.3, 0.4) is 0 Å². The number of rotatable bonds is 6. The van der Waals surface area contributed by atoms with E-state index in [0.29, 0.717) is 39.2 Å². The Labute approximate surface area is 182 Å². The number of carbonyl (C=O) groups is 2. The van der Waals surface area contributed by atoms with Gasteiger partial charge in [0.25, 0.3) is 0 Å². The predicted molar refractivity (Wildman–Crippen MR) is 117 cm³/mol. The number of aromatic nitrogens is 2. The second-order valence-electron chi connectivity index (χ2n) is 7.93. The smallest absolute Gasteiger partial charge is 0.225 e. The Morgan fingerprint density at radius 2 is 1.55 bits per heavy atom. The minimum Gasteiger partial charge on any atom is -0.493 e. The van der Waals surface area contributed by atoms with Gasteiger partial charge in [-0.15, -0.1) is 0 Å². The highest BCUT2D eigenvalue weighted by atomic mass is 16.5. The average molecular weight is 424 g/mol. The van der Waals surface area contributed by atoms with Gasteiger partial charge in [-0.3, -0.25) is 9.59 Å². The van der Waals surface area contributed by atoms with E-state index in [1.165, 1.54) is 0 Å². The van der Waals surface area contributed by atoms with Crippen LogP contribution in [0.1, 0.15) is 19.3 Å². The zero-order valence-corrected chi connectivity index (χ0v) is 17.7. The van der Waals surface area contributed by atoms with Gasteiger partial charge in [-0.25, -0.2) is 9.97 Å². The van der Waals surface area contributed by atoms with Gasteiger partial charge in [-0.1, -0.05) is 18.2 Å². The molecule has 1 aromatic carbocycles. The van der Waals surface area contributed by atoms with Gasteiger partial charge >= 0.3 is 0 Å². The maximum atomic E-state index is 13.0. The van der Waals surface area contributed by atoms with Crippen molar-refractivity contribution in [3.8, 4) is 5.75 Å². The van der Waals surface area contributed by atoms with E-state index in [2.05, 4.69) is 14.9 Å². The van der Waals surface area contributed by atoms with Crippen molar-refractivity contribution < 1.29 is 14.3 Å². The van der Waals surface area contributed by atoms with E-state index >= 15 is 0 Å². The average Bonchev–Trinajstić information content (AvgIpc) is 2.85. The number of benzene rings is 1. The van der Waals surface area contributed by atoms with Crippen molar-refractivity contribution in [1.29, 1.82) is 0 Å². The standard InChI is InChI=1S/C23H29N5O3/c29-21(9-18-31-20-5-2-1-3-6-20)26-12-7-19(8-13-26)22(30)27-14-16-28(17-15-27)23-24-10-4-11-25-23/h1-6,10-11,19H,7-9,12-18H2. The Morgan fingerprint density at radius 3 is 2.23 bits per heavy atom. The highest BCUT2D eigenvalue weighted by molar-refractivity contribution is 5.80. The van der Waals surface area contributed by atoms with Crippen molar-refractivity contribution in [2.24, 2.45) is 5.92 Å². The molecule has 4 rings (SSSR count). The summed E-state index contributed by atoms with van der Waals surface area (Å²) in [6.45, 7) is 4.51. The van der Waals surface area contributed by atoms with Crippen LogP contribution >= 0.6 is 0 Å². The number of piperidine rings is 1. The van der Waals surface area contributed by atoms with Gasteiger partial charge in [0.1, 0.15) is 5.75 Å². The molecule has 0 N–H and O–H groups in total. The SMILES string of the molecule is O=C(CCOc1ccccc1)N1CCC(C(=O)N2CCN(c3ncccn3)CC2)CC1. The Kier molecular flexibility index (Phi) is 6.96. The van der Waals surface area contributed by atoms with Crippen LogP contribution in [0.5, 0.6) is 5.75 Å². The molecule has 0 radical (unpaired) electrons. The maximum absolute atomic E-state index is 13.0. The monoisotopic (exact) mass is 423 g/mol. The third-order valence-corrected chi connectivity index (χ3v) is 5.95. The first-order chi connectivity index (χ1) is 15.2. The lowest BCUT2D eigenvalue weighted by Crippen LogP contribution is -2.52. The number of carbonyl (C=O) groups excluding carboxylic acids is 2. The third-order valence-electron chi connectivity index (χ3n) is 5.95. The number of piperazine rings is 1. The van der Waals surface area contributed by atoms with Gasteiger partial charge in [0.2, 0.25) is 17.8 Å². The molecule has 164 valence electrons. The number of likely N-dealkylation sites (tertiary alicyclic amines) is 1. The largest absolute Gasteiger partial charge is 0.493 e. The molecule has 0 spiro atoms. The van der Waals surface area contributed by atoms with Crippen molar-refractivity contribution in [2.45, 2.75) is 19.3 Å². The number of hydrogen-bond donors (Lipinski definition) is 0. The van der Waals surface area contributed by atoms with Crippen molar-refractivity contribution in [2.75, 3.05) is 50.8 Å². The summed E-state index contributed by atoms with van der Waals surface area (Å²) in [5.74, 6) is 1.81. The molecular weight excluding hydrogens is 394 g/mol. The van der Waals surface area contributed by atoms with Crippen LogP contribution in [-0.4, -0.2) is 77.5 Å². The second kappa shape index (κ2) is 10.2. The Bertz CT molecular complexity index is 848. The fourth-order valence-corrected chi connectivity index (χ4v) is 4.15. The molecule has 0 aliphatic carbocycles. The Balaban J connectivity index is 1.17. The van der Waals surface area contributed by atoms with E-state index in [9.17, 15) is 9.59 Å². The maximum Gasteiger partial charge on any atom is 0.225 e. The quantitative estimate of drug-likeness (QED) is 0.705. The summed E-state index contributed by atoms with van der Waals surface area (Å²) in [6.07, 6.45) is 5.29. The first-order valence-electron chi connectivity index (χ1n) is 11.0. The molecule has 8 heteroatoms. The fraction of sp³-hybridized carbons (Fsp3) is 0.478. The highest BCUT2D eigenvalue weighted by Gasteiger charge is 2.31. The number of nitrogens with zero attached hydrogens (tertiary/aromatic N) is 5. The molecule has 2 aliphatic heterocycles. The van der Waals surface area contributed by atoms with Crippen LogP contribution in [0.15, 0.2) is 48.8 Å². The molecule has 2 aromatic rings. The summed E-state index contributed by atoms with van der Waals surface area (Å²) < 4.78 is 5.63. The van der Waals surface area contributed by atoms with Crippen LogP contribution in [0.2, 0.25) is 0 Å². The fourth-order valence-electron chi connectivity index (χ4n) is 4.15. The van der Waals surface area contributed by atoms with Gasteiger partial charge in [0, 0.05) is 57.6 Å². The van der Waals surface area contributed by atoms with Crippen LogP contribution < -0.4 is 9.64 Å². The van der Waals surface area contributed by atoms with Gasteiger partial charge in [0.05, 0.1) is 13.0 Å². The molecule has 0 atom stereocenters. The first-order valence-corrected chi connectivity index (χ1v) is 11.0. The molecule has 2 aliphatic rings.